The minimum atomic E-state index is -0.240. The van der Waals surface area contributed by atoms with E-state index in [-0.39, 0.29) is 24.2 Å². The molecule has 6 heteroatoms. The Kier molecular flexibility index (Phi) is 4.49. The van der Waals surface area contributed by atoms with Crippen LogP contribution in [0.5, 0.6) is 0 Å². The Morgan fingerprint density at radius 2 is 2.18 bits per heavy atom. The Labute approximate surface area is 132 Å². The molecule has 0 radical (unpaired) electrons. The maximum Gasteiger partial charge on any atom is 0.251 e. The van der Waals surface area contributed by atoms with Crippen molar-refractivity contribution in [1.29, 1.82) is 0 Å². The number of imidazole rings is 1. The van der Waals surface area contributed by atoms with Crippen LogP contribution in [-0.4, -0.2) is 64.1 Å². The van der Waals surface area contributed by atoms with Crippen molar-refractivity contribution in [1.82, 2.24) is 19.4 Å². The van der Waals surface area contributed by atoms with E-state index in [1.54, 1.807) is 0 Å². The predicted octanol–water partition coefficient (Wildman–Crippen LogP) is 1.19. The van der Waals surface area contributed by atoms with Gasteiger partial charge in [-0.2, -0.15) is 0 Å². The summed E-state index contributed by atoms with van der Waals surface area (Å²) in [6.45, 7) is 4.45. The van der Waals surface area contributed by atoms with Gasteiger partial charge >= 0.3 is 0 Å². The van der Waals surface area contributed by atoms with Gasteiger partial charge in [-0.3, -0.25) is 9.69 Å². The van der Waals surface area contributed by atoms with E-state index >= 15 is 0 Å². The molecule has 0 N–H and O–H groups in total. The third-order valence-corrected chi connectivity index (χ3v) is 4.95. The SMILES string of the molecule is CC[C@@H]1CC[C@H](C(=O)N2CCN(C)[C@H](c3nccn3C)C2)O1. The minimum absolute atomic E-state index is 0.154. The summed E-state index contributed by atoms with van der Waals surface area (Å²) in [5.41, 5.74) is 0. The highest BCUT2D eigenvalue weighted by Crippen LogP contribution is 2.27. The minimum Gasteiger partial charge on any atom is -0.365 e. The molecule has 1 aromatic rings. The molecule has 0 bridgehead atoms. The van der Waals surface area contributed by atoms with Crippen molar-refractivity contribution in [3.05, 3.63) is 18.2 Å². The highest BCUT2D eigenvalue weighted by atomic mass is 16.5. The van der Waals surface area contributed by atoms with E-state index in [0.29, 0.717) is 6.54 Å². The number of carbonyl (C=O) groups is 1. The lowest BCUT2D eigenvalue weighted by Crippen LogP contribution is -2.52. The molecule has 1 amide bonds. The molecular formula is C16H26N4O2. The number of hydrogen-bond donors (Lipinski definition) is 0. The smallest absolute Gasteiger partial charge is 0.251 e. The van der Waals surface area contributed by atoms with Crippen LogP contribution in [0.4, 0.5) is 0 Å². The normalized spacial score (nSPS) is 30.0. The predicted molar refractivity (Wildman–Crippen MR) is 83.3 cm³/mol. The Bertz CT molecular complexity index is 530. The molecular weight excluding hydrogens is 280 g/mol. The van der Waals surface area contributed by atoms with Crippen LogP contribution in [0.1, 0.15) is 38.1 Å². The monoisotopic (exact) mass is 306 g/mol. The van der Waals surface area contributed by atoms with Crippen LogP contribution >= 0.6 is 0 Å². The van der Waals surface area contributed by atoms with Crippen molar-refractivity contribution in [3.8, 4) is 0 Å². The number of hydrogen-bond acceptors (Lipinski definition) is 4. The van der Waals surface area contributed by atoms with Gasteiger partial charge in [-0.25, -0.2) is 4.98 Å². The zero-order valence-corrected chi connectivity index (χ0v) is 13.7. The first-order valence-corrected chi connectivity index (χ1v) is 8.21. The average Bonchev–Trinajstić information content (AvgIpc) is 3.16. The molecule has 3 atom stereocenters. The topological polar surface area (TPSA) is 50.6 Å². The Hall–Kier alpha value is -1.40. The van der Waals surface area contributed by atoms with Crippen LogP contribution in [0.2, 0.25) is 0 Å². The Morgan fingerprint density at radius 1 is 1.36 bits per heavy atom. The third-order valence-electron chi connectivity index (χ3n) is 4.95. The molecule has 0 unspecified atom stereocenters. The second-order valence-corrected chi connectivity index (χ2v) is 6.41. The van der Waals surface area contributed by atoms with E-state index in [0.717, 1.165) is 38.2 Å². The van der Waals surface area contributed by atoms with Gasteiger partial charge in [-0.05, 0) is 26.3 Å². The van der Waals surface area contributed by atoms with E-state index in [1.165, 1.54) is 0 Å². The standard InChI is InChI=1S/C16H26N4O2/c1-4-12-5-6-14(22-12)16(21)20-10-9-18(2)13(11-20)15-17-7-8-19(15)3/h7-8,12-14H,4-6,9-11H2,1-3H3/t12-,13+,14-/m1/s1. The summed E-state index contributed by atoms with van der Waals surface area (Å²) in [7, 11) is 4.10. The Balaban J connectivity index is 1.68. The summed E-state index contributed by atoms with van der Waals surface area (Å²) in [6.07, 6.45) is 6.64. The van der Waals surface area contributed by atoms with Crippen LogP contribution in [-0.2, 0) is 16.6 Å². The average molecular weight is 306 g/mol. The van der Waals surface area contributed by atoms with E-state index < -0.39 is 0 Å². The molecule has 0 aliphatic carbocycles. The number of aryl methyl sites for hydroxylation is 1. The molecule has 0 spiro atoms. The largest absolute Gasteiger partial charge is 0.365 e. The van der Waals surface area contributed by atoms with Crippen LogP contribution in [0.25, 0.3) is 0 Å². The van der Waals surface area contributed by atoms with Crippen molar-refractivity contribution in [3.63, 3.8) is 0 Å². The molecule has 2 saturated heterocycles. The highest BCUT2D eigenvalue weighted by Gasteiger charge is 2.36. The molecule has 0 saturated carbocycles. The number of amides is 1. The van der Waals surface area contributed by atoms with Gasteiger partial charge in [0.2, 0.25) is 0 Å². The van der Waals surface area contributed by atoms with Gasteiger partial charge < -0.3 is 14.2 Å². The summed E-state index contributed by atoms with van der Waals surface area (Å²) >= 11 is 0. The molecule has 3 heterocycles. The summed E-state index contributed by atoms with van der Waals surface area (Å²) in [5, 5.41) is 0. The van der Waals surface area contributed by atoms with Crippen molar-refractivity contribution in [2.45, 2.75) is 44.4 Å². The number of piperazine rings is 1. The Morgan fingerprint density at radius 3 is 2.82 bits per heavy atom. The number of rotatable bonds is 3. The van der Waals surface area contributed by atoms with Gasteiger partial charge in [-0.15, -0.1) is 0 Å². The molecule has 1 aromatic heterocycles. The summed E-state index contributed by atoms with van der Waals surface area (Å²) in [5.74, 6) is 1.17. The number of aromatic nitrogens is 2. The van der Waals surface area contributed by atoms with Crippen molar-refractivity contribution >= 4 is 5.91 Å². The number of carbonyl (C=O) groups excluding carboxylic acids is 1. The summed E-state index contributed by atoms with van der Waals surface area (Å²) in [4.78, 5) is 21.4. The van der Waals surface area contributed by atoms with E-state index in [2.05, 4.69) is 23.9 Å². The molecule has 122 valence electrons. The molecule has 3 rings (SSSR count). The fourth-order valence-electron chi connectivity index (χ4n) is 3.44. The fourth-order valence-corrected chi connectivity index (χ4v) is 3.44. The fraction of sp³-hybridized carbons (Fsp3) is 0.750. The van der Waals surface area contributed by atoms with Crippen LogP contribution < -0.4 is 0 Å². The highest BCUT2D eigenvalue weighted by molar-refractivity contribution is 5.81. The molecule has 6 nitrogen and oxygen atoms in total. The van der Waals surface area contributed by atoms with Crippen molar-refractivity contribution < 1.29 is 9.53 Å². The second kappa shape index (κ2) is 6.38. The quantitative estimate of drug-likeness (QED) is 0.842. The van der Waals surface area contributed by atoms with Gasteiger partial charge in [0.1, 0.15) is 11.9 Å². The number of likely N-dealkylation sites (N-methyl/N-ethyl adjacent to an activating group) is 1. The lowest BCUT2D eigenvalue weighted by molar-refractivity contribution is -0.146. The molecule has 2 aliphatic heterocycles. The van der Waals surface area contributed by atoms with Gasteiger partial charge in [0.25, 0.3) is 5.91 Å². The zero-order chi connectivity index (χ0) is 15.7. The maximum absolute atomic E-state index is 12.7. The molecule has 22 heavy (non-hydrogen) atoms. The first-order chi connectivity index (χ1) is 10.6. The van der Waals surface area contributed by atoms with E-state index in [9.17, 15) is 4.79 Å². The maximum atomic E-state index is 12.7. The summed E-state index contributed by atoms with van der Waals surface area (Å²) in [6, 6.07) is 0.154. The lowest BCUT2D eigenvalue weighted by Gasteiger charge is -2.39. The van der Waals surface area contributed by atoms with Gasteiger partial charge in [0.05, 0.1) is 12.1 Å². The van der Waals surface area contributed by atoms with Gasteiger partial charge in [0.15, 0.2) is 0 Å². The number of nitrogens with zero attached hydrogens (tertiary/aromatic N) is 4. The first kappa shape index (κ1) is 15.5. The molecule has 2 aliphatic rings. The van der Waals surface area contributed by atoms with E-state index in [1.807, 2.05) is 28.9 Å². The van der Waals surface area contributed by atoms with Crippen molar-refractivity contribution in [2.24, 2.45) is 7.05 Å². The van der Waals surface area contributed by atoms with Crippen molar-refractivity contribution in [2.75, 3.05) is 26.7 Å². The second-order valence-electron chi connectivity index (χ2n) is 6.41. The first-order valence-electron chi connectivity index (χ1n) is 8.21. The lowest BCUT2D eigenvalue weighted by atomic mass is 10.1. The van der Waals surface area contributed by atoms with E-state index in [4.69, 9.17) is 4.74 Å². The summed E-state index contributed by atoms with van der Waals surface area (Å²) < 4.78 is 7.91. The molecule has 2 fully saturated rings. The van der Waals surface area contributed by atoms with Gasteiger partial charge in [0, 0.05) is 39.1 Å². The third kappa shape index (κ3) is 2.90. The number of ether oxygens (including phenoxy) is 1. The van der Waals surface area contributed by atoms with Crippen LogP contribution in [0, 0.1) is 0 Å². The van der Waals surface area contributed by atoms with Crippen LogP contribution in [0.3, 0.4) is 0 Å². The van der Waals surface area contributed by atoms with Crippen LogP contribution in [0.15, 0.2) is 12.4 Å². The van der Waals surface area contributed by atoms with Gasteiger partial charge in [-0.1, -0.05) is 6.92 Å². The zero-order valence-electron chi connectivity index (χ0n) is 13.7. The molecule has 0 aromatic carbocycles.